The minimum atomic E-state index is -0.142. The zero-order chi connectivity index (χ0) is 14.1. The summed E-state index contributed by atoms with van der Waals surface area (Å²) < 4.78 is 0. The third kappa shape index (κ3) is 4.78. The standard InChI is InChI=1S/C11H11NO2.2C2H6.CH4/c1-7(13)10-11(14)9-5-3-2-4-8(9)6-12-10;2*1-2;/h2-5,12,14H,6H2,1H3;2*1-2H3;1H4. The molecular formula is C16H27NO2. The molecule has 0 atom stereocenters. The fraction of sp³-hybridized carbons (Fsp3) is 0.438. The number of benzene rings is 1. The van der Waals surface area contributed by atoms with Crippen molar-refractivity contribution >= 4 is 11.5 Å². The van der Waals surface area contributed by atoms with Crippen LogP contribution in [0, 0.1) is 0 Å². The molecule has 0 fully saturated rings. The second kappa shape index (κ2) is 10.2. The van der Waals surface area contributed by atoms with Crippen LogP contribution >= 0.6 is 0 Å². The fourth-order valence-corrected chi connectivity index (χ4v) is 1.60. The topological polar surface area (TPSA) is 49.3 Å². The highest BCUT2D eigenvalue weighted by Crippen LogP contribution is 2.23. The van der Waals surface area contributed by atoms with Gasteiger partial charge in [0.15, 0.2) is 5.78 Å². The number of Topliss-reactive ketones (excluding diaryl/α,β-unsaturated/α-hetero) is 1. The van der Waals surface area contributed by atoms with E-state index in [1.807, 2.05) is 52.0 Å². The Bertz CT molecular complexity index is 423. The number of fused-ring (bicyclic) bond motifs is 1. The molecule has 0 aromatic heterocycles. The normalized spacial score (nSPS) is 11.4. The summed E-state index contributed by atoms with van der Waals surface area (Å²) in [5.41, 5.74) is 2.06. The summed E-state index contributed by atoms with van der Waals surface area (Å²) in [6.07, 6.45) is 0. The predicted octanol–water partition coefficient (Wildman–Crippen LogP) is 4.29. The minimum absolute atomic E-state index is 0. The molecule has 1 aliphatic rings. The Balaban J connectivity index is 0. The number of aliphatic hydroxyl groups is 1. The summed E-state index contributed by atoms with van der Waals surface area (Å²) >= 11 is 0. The van der Waals surface area contributed by atoms with Crippen molar-refractivity contribution in [3.8, 4) is 0 Å². The van der Waals surface area contributed by atoms with Crippen LogP contribution in [-0.4, -0.2) is 10.9 Å². The molecule has 0 spiro atoms. The van der Waals surface area contributed by atoms with Crippen molar-refractivity contribution in [2.75, 3.05) is 0 Å². The van der Waals surface area contributed by atoms with Gasteiger partial charge in [-0.1, -0.05) is 59.4 Å². The van der Waals surface area contributed by atoms with E-state index >= 15 is 0 Å². The van der Waals surface area contributed by atoms with Gasteiger partial charge in [-0.25, -0.2) is 0 Å². The van der Waals surface area contributed by atoms with Crippen molar-refractivity contribution in [3.05, 3.63) is 41.1 Å². The molecule has 1 aromatic rings. The molecule has 3 heteroatoms. The Morgan fingerprint density at radius 1 is 1.16 bits per heavy atom. The Morgan fingerprint density at radius 2 is 1.68 bits per heavy atom. The number of hydrogen-bond acceptors (Lipinski definition) is 3. The van der Waals surface area contributed by atoms with E-state index in [0.717, 1.165) is 11.1 Å². The average molecular weight is 265 g/mol. The van der Waals surface area contributed by atoms with Crippen molar-refractivity contribution < 1.29 is 9.90 Å². The van der Waals surface area contributed by atoms with Crippen molar-refractivity contribution in [2.45, 2.75) is 48.6 Å². The number of aliphatic hydroxyl groups excluding tert-OH is 1. The van der Waals surface area contributed by atoms with E-state index in [1.165, 1.54) is 6.92 Å². The molecule has 2 rings (SSSR count). The molecule has 1 aromatic carbocycles. The molecular weight excluding hydrogens is 238 g/mol. The predicted molar refractivity (Wildman–Crippen MR) is 82.9 cm³/mol. The maximum absolute atomic E-state index is 11.1. The first-order chi connectivity index (χ1) is 8.70. The summed E-state index contributed by atoms with van der Waals surface area (Å²) in [6.45, 7) is 10.0. The lowest BCUT2D eigenvalue weighted by Gasteiger charge is -2.19. The lowest BCUT2D eigenvalue weighted by atomic mass is 10.00. The number of allylic oxidation sites excluding steroid dienone is 1. The molecule has 0 amide bonds. The minimum Gasteiger partial charge on any atom is -0.505 e. The van der Waals surface area contributed by atoms with Gasteiger partial charge in [0.05, 0.1) is 0 Å². The third-order valence-corrected chi connectivity index (χ3v) is 2.32. The van der Waals surface area contributed by atoms with Crippen LogP contribution in [0.25, 0.3) is 5.76 Å². The van der Waals surface area contributed by atoms with Gasteiger partial charge in [0, 0.05) is 19.0 Å². The van der Waals surface area contributed by atoms with Crippen molar-refractivity contribution in [2.24, 2.45) is 0 Å². The molecule has 0 unspecified atom stereocenters. The van der Waals surface area contributed by atoms with Crippen LogP contribution in [0.2, 0.25) is 0 Å². The molecule has 1 aliphatic heterocycles. The van der Waals surface area contributed by atoms with Crippen LogP contribution in [0.5, 0.6) is 0 Å². The van der Waals surface area contributed by atoms with Crippen LogP contribution in [0.1, 0.15) is 53.2 Å². The smallest absolute Gasteiger partial charge is 0.179 e. The van der Waals surface area contributed by atoms with E-state index in [2.05, 4.69) is 5.32 Å². The molecule has 3 nitrogen and oxygen atoms in total. The van der Waals surface area contributed by atoms with Crippen LogP contribution < -0.4 is 5.32 Å². The van der Waals surface area contributed by atoms with Gasteiger partial charge in [-0.2, -0.15) is 0 Å². The largest absolute Gasteiger partial charge is 0.505 e. The highest BCUT2D eigenvalue weighted by atomic mass is 16.3. The summed E-state index contributed by atoms with van der Waals surface area (Å²) in [5, 5.41) is 12.7. The van der Waals surface area contributed by atoms with Gasteiger partial charge in [0.2, 0.25) is 0 Å². The second-order valence-electron chi connectivity index (χ2n) is 3.29. The molecule has 1 heterocycles. The average Bonchev–Trinajstić information content (AvgIpc) is 2.43. The van der Waals surface area contributed by atoms with Crippen molar-refractivity contribution in [3.63, 3.8) is 0 Å². The quantitative estimate of drug-likeness (QED) is 0.796. The Morgan fingerprint density at radius 3 is 2.21 bits per heavy atom. The molecule has 0 saturated heterocycles. The maximum atomic E-state index is 11.1. The summed E-state index contributed by atoms with van der Waals surface area (Å²) in [6, 6.07) is 7.49. The van der Waals surface area contributed by atoms with Crippen LogP contribution in [0.4, 0.5) is 0 Å². The van der Waals surface area contributed by atoms with Crippen LogP contribution in [0.15, 0.2) is 30.0 Å². The molecule has 0 aliphatic carbocycles. The molecule has 108 valence electrons. The summed E-state index contributed by atoms with van der Waals surface area (Å²) in [7, 11) is 0. The first kappa shape index (κ1) is 19.6. The van der Waals surface area contributed by atoms with Gasteiger partial charge >= 0.3 is 0 Å². The van der Waals surface area contributed by atoms with E-state index in [9.17, 15) is 9.90 Å². The first-order valence-corrected chi connectivity index (χ1v) is 6.46. The summed E-state index contributed by atoms with van der Waals surface area (Å²) in [4.78, 5) is 11.1. The highest BCUT2D eigenvalue weighted by molar-refractivity contribution is 5.99. The SMILES string of the molecule is C.CC.CC.CC(=O)C1=C(O)c2ccccc2CN1. The van der Waals surface area contributed by atoms with Gasteiger partial charge in [-0.05, 0) is 5.56 Å². The number of rotatable bonds is 1. The fourth-order valence-electron chi connectivity index (χ4n) is 1.60. The second-order valence-corrected chi connectivity index (χ2v) is 3.29. The highest BCUT2D eigenvalue weighted by Gasteiger charge is 2.19. The third-order valence-electron chi connectivity index (χ3n) is 2.32. The zero-order valence-corrected chi connectivity index (χ0v) is 11.9. The lowest BCUT2D eigenvalue weighted by molar-refractivity contribution is -0.114. The Labute approximate surface area is 117 Å². The van der Waals surface area contributed by atoms with Gasteiger partial charge in [-0.3, -0.25) is 4.79 Å². The number of nitrogens with one attached hydrogen (secondary N) is 1. The number of carbonyl (C=O) groups excluding carboxylic acids is 1. The van der Waals surface area contributed by atoms with Crippen LogP contribution in [0.3, 0.4) is 0 Å². The van der Waals surface area contributed by atoms with E-state index in [-0.39, 0.29) is 19.0 Å². The van der Waals surface area contributed by atoms with E-state index < -0.39 is 0 Å². The zero-order valence-electron chi connectivity index (χ0n) is 11.9. The first-order valence-electron chi connectivity index (χ1n) is 6.46. The van der Waals surface area contributed by atoms with Gasteiger partial charge < -0.3 is 10.4 Å². The Hall–Kier alpha value is -1.77. The molecule has 0 bridgehead atoms. The summed E-state index contributed by atoms with van der Waals surface area (Å²) in [5.74, 6) is -0.0867. The van der Waals surface area contributed by atoms with Gasteiger partial charge in [-0.15, -0.1) is 0 Å². The maximum Gasteiger partial charge on any atom is 0.179 e. The Kier molecular flexibility index (Phi) is 10.5. The number of carbonyl (C=O) groups is 1. The lowest BCUT2D eigenvalue weighted by Crippen LogP contribution is -2.25. The number of hydrogen-bond donors (Lipinski definition) is 2. The molecule has 0 saturated carbocycles. The molecule has 0 radical (unpaired) electrons. The monoisotopic (exact) mass is 265 g/mol. The number of ketones is 1. The molecule has 2 N–H and O–H groups in total. The van der Waals surface area contributed by atoms with E-state index in [0.29, 0.717) is 12.2 Å². The van der Waals surface area contributed by atoms with E-state index in [4.69, 9.17) is 0 Å². The van der Waals surface area contributed by atoms with E-state index in [1.54, 1.807) is 0 Å². The van der Waals surface area contributed by atoms with Crippen molar-refractivity contribution in [1.82, 2.24) is 5.32 Å². The molecule has 19 heavy (non-hydrogen) atoms. The van der Waals surface area contributed by atoms with Gasteiger partial charge in [0.1, 0.15) is 11.5 Å². The van der Waals surface area contributed by atoms with Crippen LogP contribution in [-0.2, 0) is 11.3 Å². The van der Waals surface area contributed by atoms with Gasteiger partial charge in [0.25, 0.3) is 0 Å². The van der Waals surface area contributed by atoms with Crippen molar-refractivity contribution in [1.29, 1.82) is 0 Å².